The topological polar surface area (TPSA) is 103 Å². The van der Waals surface area contributed by atoms with Crippen LogP contribution in [0.15, 0.2) is 24.3 Å². The zero-order valence-electron chi connectivity index (χ0n) is 10.2. The van der Waals surface area contributed by atoms with Crippen LogP contribution in [0, 0.1) is 10.1 Å². The molecule has 0 atom stereocenters. The minimum absolute atomic E-state index is 0.0125. The van der Waals surface area contributed by atoms with Crippen molar-refractivity contribution in [3.8, 4) is 0 Å². The Bertz CT molecular complexity index is 522. The minimum atomic E-state index is -0.725. The fourth-order valence-electron chi connectivity index (χ4n) is 1.33. The van der Waals surface area contributed by atoms with Gasteiger partial charge in [0.05, 0.1) is 4.92 Å². The summed E-state index contributed by atoms with van der Waals surface area (Å²) >= 11 is 1.12. The van der Waals surface area contributed by atoms with Gasteiger partial charge in [0, 0.05) is 30.4 Å². The predicted molar refractivity (Wildman–Crippen MR) is 73.8 cm³/mol. The maximum atomic E-state index is 11.1. The van der Waals surface area contributed by atoms with Crippen LogP contribution in [0.4, 0.5) is 5.69 Å². The average molecular weight is 280 g/mol. The molecule has 6 nitrogen and oxygen atoms in total. The van der Waals surface area contributed by atoms with Crippen molar-refractivity contribution in [3.05, 3.63) is 45.5 Å². The SMILES string of the molecule is CC(=O)SCC=Cc1cc(C(N)=O)cc([N+](=O)[O-])c1. The van der Waals surface area contributed by atoms with Crippen molar-refractivity contribution in [2.75, 3.05) is 5.75 Å². The van der Waals surface area contributed by atoms with E-state index in [1.165, 1.54) is 19.1 Å². The molecule has 0 aromatic heterocycles. The van der Waals surface area contributed by atoms with E-state index in [2.05, 4.69) is 0 Å². The monoisotopic (exact) mass is 280 g/mol. The summed E-state index contributed by atoms with van der Waals surface area (Å²) in [5.41, 5.74) is 5.48. The molecule has 0 aliphatic rings. The van der Waals surface area contributed by atoms with Gasteiger partial charge >= 0.3 is 0 Å². The summed E-state index contributed by atoms with van der Waals surface area (Å²) in [5, 5.41) is 10.7. The summed E-state index contributed by atoms with van der Waals surface area (Å²) < 4.78 is 0. The number of nitrogens with zero attached hydrogens (tertiary/aromatic N) is 1. The molecule has 0 radical (unpaired) electrons. The number of nitro benzene ring substituents is 1. The number of nitrogens with two attached hydrogens (primary N) is 1. The molecule has 2 N–H and O–H groups in total. The summed E-state index contributed by atoms with van der Waals surface area (Å²) in [7, 11) is 0. The molecule has 1 aromatic carbocycles. The maximum absolute atomic E-state index is 11.1. The summed E-state index contributed by atoms with van der Waals surface area (Å²) in [4.78, 5) is 31.9. The lowest BCUT2D eigenvalue weighted by Gasteiger charge is -1.99. The third kappa shape index (κ3) is 4.92. The number of carbonyl (C=O) groups excluding carboxylic acids is 2. The van der Waals surface area contributed by atoms with E-state index in [9.17, 15) is 19.7 Å². The van der Waals surface area contributed by atoms with Crippen LogP contribution in [0.5, 0.6) is 0 Å². The van der Waals surface area contributed by atoms with Crippen LogP contribution in [0.2, 0.25) is 0 Å². The zero-order chi connectivity index (χ0) is 14.4. The average Bonchev–Trinajstić information content (AvgIpc) is 2.34. The molecule has 0 aliphatic heterocycles. The lowest BCUT2D eigenvalue weighted by molar-refractivity contribution is -0.384. The van der Waals surface area contributed by atoms with Crippen molar-refractivity contribution in [2.45, 2.75) is 6.92 Å². The second kappa shape index (κ2) is 6.69. The van der Waals surface area contributed by atoms with Gasteiger partial charge in [-0.2, -0.15) is 0 Å². The normalized spacial score (nSPS) is 10.6. The van der Waals surface area contributed by atoms with Crippen molar-refractivity contribution >= 4 is 34.5 Å². The summed E-state index contributed by atoms with van der Waals surface area (Å²) in [5.74, 6) is -0.263. The van der Waals surface area contributed by atoms with Crippen molar-refractivity contribution < 1.29 is 14.5 Å². The van der Waals surface area contributed by atoms with Crippen molar-refractivity contribution in [1.29, 1.82) is 0 Å². The highest BCUT2D eigenvalue weighted by Gasteiger charge is 2.11. The van der Waals surface area contributed by atoms with E-state index < -0.39 is 10.8 Å². The van der Waals surface area contributed by atoms with Crippen LogP contribution < -0.4 is 5.73 Å². The van der Waals surface area contributed by atoms with Gasteiger partial charge < -0.3 is 5.73 Å². The quantitative estimate of drug-likeness (QED) is 0.656. The Morgan fingerprint density at radius 2 is 2.11 bits per heavy atom. The largest absolute Gasteiger partial charge is 0.366 e. The molecular formula is C12H12N2O4S. The predicted octanol–water partition coefficient (Wildman–Crippen LogP) is 1.99. The minimum Gasteiger partial charge on any atom is -0.366 e. The van der Waals surface area contributed by atoms with Crippen LogP contribution >= 0.6 is 11.8 Å². The molecule has 1 amide bonds. The Balaban J connectivity index is 2.96. The highest BCUT2D eigenvalue weighted by atomic mass is 32.2. The number of rotatable bonds is 5. The van der Waals surface area contributed by atoms with E-state index in [1.807, 2.05) is 0 Å². The van der Waals surface area contributed by atoms with Gasteiger partial charge in [-0.05, 0) is 11.6 Å². The second-order valence-corrected chi connectivity index (χ2v) is 4.84. The summed E-state index contributed by atoms with van der Waals surface area (Å²) in [6, 6.07) is 3.93. The van der Waals surface area contributed by atoms with Gasteiger partial charge in [-0.3, -0.25) is 19.7 Å². The van der Waals surface area contributed by atoms with Gasteiger partial charge in [0.25, 0.3) is 5.69 Å². The molecule has 1 rings (SSSR count). The zero-order valence-corrected chi connectivity index (χ0v) is 11.0. The number of hydrogen-bond acceptors (Lipinski definition) is 5. The highest BCUT2D eigenvalue weighted by Crippen LogP contribution is 2.18. The molecule has 7 heteroatoms. The number of amides is 1. The standard InChI is InChI=1S/C12H12N2O4S/c1-8(15)19-4-2-3-9-5-10(12(13)16)7-11(6-9)14(17)18/h2-3,5-7H,4H2,1H3,(H2,13,16). The van der Waals surface area contributed by atoms with Crippen molar-refractivity contribution in [2.24, 2.45) is 5.73 Å². The molecule has 0 heterocycles. The van der Waals surface area contributed by atoms with Gasteiger partial charge in [0.15, 0.2) is 5.12 Å². The number of thioether (sulfide) groups is 1. The van der Waals surface area contributed by atoms with Crippen LogP contribution in [0.1, 0.15) is 22.8 Å². The summed E-state index contributed by atoms with van der Waals surface area (Å²) in [6.07, 6.45) is 3.30. The molecule has 0 unspecified atom stereocenters. The number of primary amides is 1. The number of benzene rings is 1. The highest BCUT2D eigenvalue weighted by molar-refractivity contribution is 8.13. The first-order valence-corrected chi connectivity index (χ1v) is 6.28. The molecule has 100 valence electrons. The van der Waals surface area contributed by atoms with Crippen molar-refractivity contribution in [3.63, 3.8) is 0 Å². The van der Waals surface area contributed by atoms with E-state index in [4.69, 9.17) is 5.73 Å². The Kier molecular flexibility index (Phi) is 5.25. The van der Waals surface area contributed by atoms with Crippen LogP contribution in [0.3, 0.4) is 0 Å². The molecule has 0 saturated carbocycles. The molecule has 0 saturated heterocycles. The molecule has 1 aromatic rings. The van der Waals surface area contributed by atoms with E-state index >= 15 is 0 Å². The van der Waals surface area contributed by atoms with E-state index in [1.54, 1.807) is 12.2 Å². The fourth-order valence-corrected chi connectivity index (χ4v) is 1.76. The number of non-ortho nitro benzene ring substituents is 1. The van der Waals surface area contributed by atoms with E-state index in [0.717, 1.165) is 17.8 Å². The molecule has 0 spiro atoms. The number of nitro groups is 1. The summed E-state index contributed by atoms with van der Waals surface area (Å²) in [6.45, 7) is 1.46. The third-order valence-corrected chi connectivity index (χ3v) is 2.89. The maximum Gasteiger partial charge on any atom is 0.270 e. The third-order valence-electron chi connectivity index (χ3n) is 2.13. The first-order chi connectivity index (χ1) is 8.90. The first-order valence-electron chi connectivity index (χ1n) is 5.29. The second-order valence-electron chi connectivity index (χ2n) is 3.64. The number of hydrogen-bond donors (Lipinski definition) is 1. The van der Waals surface area contributed by atoms with Crippen molar-refractivity contribution in [1.82, 2.24) is 0 Å². The smallest absolute Gasteiger partial charge is 0.270 e. The molecular weight excluding hydrogens is 268 g/mol. The van der Waals surface area contributed by atoms with Gasteiger partial charge in [-0.25, -0.2) is 0 Å². The van der Waals surface area contributed by atoms with Gasteiger partial charge in [-0.15, -0.1) is 0 Å². The molecule has 0 fully saturated rings. The lowest BCUT2D eigenvalue weighted by Crippen LogP contribution is -2.11. The Morgan fingerprint density at radius 1 is 1.42 bits per heavy atom. The molecule has 19 heavy (non-hydrogen) atoms. The first kappa shape index (κ1) is 14.9. The van der Waals surface area contributed by atoms with Crippen LogP contribution in [-0.2, 0) is 4.79 Å². The lowest BCUT2D eigenvalue weighted by atomic mass is 10.1. The van der Waals surface area contributed by atoms with E-state index in [0.29, 0.717) is 11.3 Å². The molecule has 0 aliphatic carbocycles. The van der Waals surface area contributed by atoms with Crippen LogP contribution in [0.25, 0.3) is 6.08 Å². The van der Waals surface area contributed by atoms with Crippen LogP contribution in [-0.4, -0.2) is 21.7 Å². The Labute approximate surface area is 113 Å². The fraction of sp³-hybridized carbons (Fsp3) is 0.167. The van der Waals surface area contributed by atoms with E-state index in [-0.39, 0.29) is 16.4 Å². The Morgan fingerprint density at radius 3 is 2.63 bits per heavy atom. The number of carbonyl (C=O) groups is 2. The Hall–Kier alpha value is -2.15. The van der Waals surface area contributed by atoms with Gasteiger partial charge in [0.2, 0.25) is 5.91 Å². The van der Waals surface area contributed by atoms with Gasteiger partial charge in [0.1, 0.15) is 0 Å². The molecule has 0 bridgehead atoms. The van der Waals surface area contributed by atoms with Gasteiger partial charge in [-0.1, -0.05) is 23.9 Å².